The molecule has 158 valence electrons. The van der Waals surface area contributed by atoms with Gasteiger partial charge >= 0.3 is 0 Å². The molecule has 1 heterocycles. The van der Waals surface area contributed by atoms with Crippen molar-refractivity contribution in [3.05, 3.63) is 91.0 Å². The van der Waals surface area contributed by atoms with E-state index in [1.165, 1.54) is 54.2 Å². The number of benzene rings is 6. The molecule has 7 rings (SSSR count). The van der Waals surface area contributed by atoms with E-state index in [1.54, 1.807) is 17.5 Å². The molecule has 0 radical (unpaired) electrons. The number of fused-ring (bicyclic) bond motifs is 13. The topological polar surface area (TPSA) is 9.23 Å². The van der Waals surface area contributed by atoms with Crippen molar-refractivity contribution in [3.63, 3.8) is 0 Å². The maximum atomic E-state index is 5.63. The van der Waals surface area contributed by atoms with Gasteiger partial charge in [-0.25, -0.2) is 0 Å². The normalized spacial score (nSPS) is 14.2. The molecule has 0 amide bonds. The zero-order chi connectivity index (χ0) is 22.3. The van der Waals surface area contributed by atoms with Crippen LogP contribution in [0.4, 0.5) is 0 Å². The first-order chi connectivity index (χ1) is 16.1. The van der Waals surface area contributed by atoms with Crippen LogP contribution >= 0.6 is 0 Å². The summed E-state index contributed by atoms with van der Waals surface area (Å²) in [4.78, 5) is 0. The van der Waals surface area contributed by atoms with E-state index in [4.69, 9.17) is 4.74 Å². The van der Waals surface area contributed by atoms with Crippen LogP contribution in [0.3, 0.4) is 0 Å². The van der Waals surface area contributed by atoms with Crippen LogP contribution < -0.4 is 15.1 Å². The van der Waals surface area contributed by atoms with Gasteiger partial charge in [-0.3, -0.25) is 0 Å². The predicted octanol–water partition coefficient (Wildman–Crippen LogP) is 7.11. The Labute approximate surface area is 194 Å². The van der Waals surface area contributed by atoms with Crippen molar-refractivity contribution in [1.82, 2.24) is 0 Å². The summed E-state index contributed by atoms with van der Waals surface area (Å²) in [6, 6.07) is 33.6. The Bertz CT molecular complexity index is 1780. The third-order valence-electron chi connectivity index (χ3n) is 7.69. The van der Waals surface area contributed by atoms with Crippen LogP contribution in [0.15, 0.2) is 91.0 Å². The summed E-state index contributed by atoms with van der Waals surface area (Å²) in [5.41, 5.74) is 2.89. The molecule has 6 aromatic rings. The van der Waals surface area contributed by atoms with Crippen molar-refractivity contribution >= 4 is 61.5 Å². The van der Waals surface area contributed by atoms with Crippen LogP contribution in [0.1, 0.15) is 0 Å². The standard InChI is InChI=1S/C31H24OSi/c1-32-19-16-17-24-26(18-19)20-10-4-5-11-21(20)30-28(24)22-12-6-7-13-23(22)29-25-14-8-9-15-27(25)33(2,3)31(29)30/h4-18H,1-3H3. The van der Waals surface area contributed by atoms with E-state index >= 15 is 0 Å². The Morgan fingerprint density at radius 3 is 1.94 bits per heavy atom. The van der Waals surface area contributed by atoms with Crippen molar-refractivity contribution in [3.8, 4) is 16.9 Å². The Morgan fingerprint density at radius 2 is 1.18 bits per heavy atom. The van der Waals surface area contributed by atoms with Crippen molar-refractivity contribution in [2.45, 2.75) is 13.1 Å². The summed E-state index contributed by atoms with van der Waals surface area (Å²) >= 11 is 0. The van der Waals surface area contributed by atoms with Gasteiger partial charge < -0.3 is 4.74 Å². The summed E-state index contributed by atoms with van der Waals surface area (Å²) in [5.74, 6) is 0.902. The van der Waals surface area contributed by atoms with Crippen molar-refractivity contribution in [2.75, 3.05) is 7.11 Å². The lowest BCUT2D eigenvalue weighted by atomic mass is 9.87. The molecule has 0 saturated heterocycles. The smallest absolute Gasteiger partial charge is 0.119 e. The van der Waals surface area contributed by atoms with Gasteiger partial charge in [-0.05, 0) is 76.7 Å². The lowest BCUT2D eigenvalue weighted by Crippen LogP contribution is -2.49. The fourth-order valence-corrected chi connectivity index (χ4v) is 9.74. The van der Waals surface area contributed by atoms with Gasteiger partial charge in [0.2, 0.25) is 0 Å². The molecule has 33 heavy (non-hydrogen) atoms. The highest BCUT2D eigenvalue weighted by Gasteiger charge is 2.40. The molecule has 0 N–H and O–H groups in total. The fraction of sp³-hybridized carbons (Fsp3) is 0.0968. The van der Waals surface area contributed by atoms with E-state index in [0.717, 1.165) is 5.75 Å². The SMILES string of the molecule is COc1ccc2c(c1)c1ccccc1c1c3c(c4ccccc4c21)-c1ccccc1[Si]3(C)C. The molecule has 1 aliphatic heterocycles. The van der Waals surface area contributed by atoms with Gasteiger partial charge in [-0.2, -0.15) is 0 Å². The molecule has 0 saturated carbocycles. The lowest BCUT2D eigenvalue weighted by Gasteiger charge is -2.24. The molecule has 0 fully saturated rings. The zero-order valence-corrected chi connectivity index (χ0v) is 20.1. The first-order valence-corrected chi connectivity index (χ1v) is 14.6. The summed E-state index contributed by atoms with van der Waals surface area (Å²) in [6.07, 6.45) is 0. The fourth-order valence-electron chi connectivity index (χ4n) is 6.30. The van der Waals surface area contributed by atoms with E-state index < -0.39 is 8.07 Å². The van der Waals surface area contributed by atoms with E-state index in [2.05, 4.69) is 104 Å². The van der Waals surface area contributed by atoms with Crippen LogP contribution in [0.2, 0.25) is 13.1 Å². The monoisotopic (exact) mass is 440 g/mol. The zero-order valence-electron chi connectivity index (χ0n) is 19.1. The second kappa shape index (κ2) is 6.46. The van der Waals surface area contributed by atoms with Gasteiger partial charge in [0.1, 0.15) is 13.8 Å². The molecule has 6 aromatic carbocycles. The number of ether oxygens (including phenoxy) is 1. The minimum absolute atomic E-state index is 0.902. The van der Waals surface area contributed by atoms with Gasteiger partial charge in [0.05, 0.1) is 7.11 Å². The van der Waals surface area contributed by atoms with Crippen molar-refractivity contribution < 1.29 is 4.74 Å². The number of hydrogen-bond donors (Lipinski definition) is 0. The lowest BCUT2D eigenvalue weighted by molar-refractivity contribution is 0.415. The summed E-state index contributed by atoms with van der Waals surface area (Å²) in [7, 11) is -0.162. The molecule has 0 unspecified atom stereocenters. The highest BCUT2D eigenvalue weighted by molar-refractivity contribution is 7.05. The molecule has 1 aliphatic rings. The van der Waals surface area contributed by atoms with Gasteiger partial charge in [-0.15, -0.1) is 0 Å². The molecule has 0 aliphatic carbocycles. The predicted molar refractivity (Wildman–Crippen MR) is 145 cm³/mol. The molecule has 1 nitrogen and oxygen atoms in total. The van der Waals surface area contributed by atoms with Crippen molar-refractivity contribution in [1.29, 1.82) is 0 Å². The third kappa shape index (κ3) is 2.31. The van der Waals surface area contributed by atoms with Crippen LogP contribution in [-0.2, 0) is 0 Å². The van der Waals surface area contributed by atoms with Crippen LogP contribution in [-0.4, -0.2) is 15.2 Å². The van der Waals surface area contributed by atoms with Gasteiger partial charge in [-0.1, -0.05) is 92.0 Å². The maximum Gasteiger partial charge on any atom is 0.119 e. The molecular formula is C31H24OSi. The number of rotatable bonds is 1. The molecule has 0 spiro atoms. The largest absolute Gasteiger partial charge is 0.497 e. The van der Waals surface area contributed by atoms with E-state index in [1.807, 2.05) is 0 Å². The first-order valence-electron chi connectivity index (χ1n) is 11.6. The highest BCUT2D eigenvalue weighted by Crippen LogP contribution is 2.45. The van der Waals surface area contributed by atoms with Crippen molar-refractivity contribution in [2.24, 2.45) is 0 Å². The van der Waals surface area contributed by atoms with E-state index in [0.29, 0.717) is 0 Å². The molecule has 0 atom stereocenters. The summed E-state index contributed by atoms with van der Waals surface area (Å²) < 4.78 is 5.63. The van der Waals surface area contributed by atoms with Gasteiger partial charge in [0.15, 0.2) is 0 Å². The minimum Gasteiger partial charge on any atom is -0.497 e. The molecule has 0 aromatic heterocycles. The molecule has 2 heteroatoms. The van der Waals surface area contributed by atoms with Crippen LogP contribution in [0.25, 0.3) is 54.2 Å². The minimum atomic E-state index is -1.91. The third-order valence-corrected chi connectivity index (χ3v) is 11.2. The summed E-state index contributed by atoms with van der Waals surface area (Å²) in [6.45, 7) is 5.05. The molecule has 0 bridgehead atoms. The Hall–Kier alpha value is -3.62. The van der Waals surface area contributed by atoms with E-state index in [-0.39, 0.29) is 0 Å². The Morgan fingerprint density at radius 1 is 0.576 bits per heavy atom. The summed E-state index contributed by atoms with van der Waals surface area (Å²) in [5, 5.41) is 13.9. The molecular weight excluding hydrogens is 416 g/mol. The Kier molecular flexibility index (Phi) is 3.70. The van der Waals surface area contributed by atoms with Gasteiger partial charge in [0.25, 0.3) is 0 Å². The average Bonchev–Trinajstić information content (AvgIpc) is 3.11. The highest BCUT2D eigenvalue weighted by atomic mass is 28.3. The maximum absolute atomic E-state index is 5.63. The second-order valence-electron chi connectivity index (χ2n) is 9.67. The number of methoxy groups -OCH3 is 1. The van der Waals surface area contributed by atoms with Gasteiger partial charge in [0, 0.05) is 0 Å². The van der Waals surface area contributed by atoms with E-state index in [9.17, 15) is 0 Å². The average molecular weight is 441 g/mol. The van der Waals surface area contributed by atoms with Crippen LogP contribution in [0.5, 0.6) is 5.75 Å². The Balaban J connectivity index is 1.87. The number of hydrogen-bond acceptors (Lipinski definition) is 1. The van der Waals surface area contributed by atoms with Crippen LogP contribution in [0, 0.1) is 0 Å². The first kappa shape index (κ1) is 18.9. The second-order valence-corrected chi connectivity index (χ2v) is 14.0. The quantitative estimate of drug-likeness (QED) is 0.195.